The number of benzene rings is 3. The maximum absolute atomic E-state index is 13.5. The van der Waals surface area contributed by atoms with E-state index in [1.165, 1.54) is 9.80 Å². The minimum atomic E-state index is -1.25. The molecule has 2 aliphatic rings. The Bertz CT molecular complexity index is 1350. The lowest BCUT2D eigenvalue weighted by Crippen LogP contribution is -2.71. The van der Waals surface area contributed by atoms with Crippen LogP contribution in [0.2, 0.25) is 0 Å². The second-order valence-electron chi connectivity index (χ2n) is 8.86. The van der Waals surface area contributed by atoms with Crippen molar-refractivity contribution in [1.29, 1.82) is 0 Å². The van der Waals surface area contributed by atoms with Crippen LogP contribution in [0.1, 0.15) is 15.9 Å². The molecular weight excluding hydrogens is 554 g/mol. The van der Waals surface area contributed by atoms with Crippen molar-refractivity contribution in [2.75, 3.05) is 13.2 Å². The zero-order chi connectivity index (χ0) is 26.6. The molecule has 3 atom stereocenters. The second-order valence-corrected chi connectivity index (χ2v) is 9.72. The Hall–Kier alpha value is -4.18. The summed E-state index contributed by atoms with van der Waals surface area (Å²) < 4.78 is 11.5. The van der Waals surface area contributed by atoms with Gasteiger partial charge in [0.05, 0.1) is 11.6 Å². The smallest absolute Gasteiger partial charge is 0.350 e. The minimum Gasteiger partial charge on any atom is -0.484 e. The first-order valence-electron chi connectivity index (χ1n) is 12.0. The van der Waals surface area contributed by atoms with Crippen LogP contribution in [0.3, 0.4) is 0 Å². The zero-order valence-electron chi connectivity index (χ0n) is 20.2. The first-order chi connectivity index (χ1) is 18.4. The predicted molar refractivity (Wildman–Crippen MR) is 140 cm³/mol. The van der Waals surface area contributed by atoms with Crippen molar-refractivity contribution in [3.63, 3.8) is 0 Å². The molecule has 0 radical (unpaired) electrons. The summed E-state index contributed by atoms with van der Waals surface area (Å²) in [5.41, 5.74) is 1.12. The van der Waals surface area contributed by atoms with Crippen LogP contribution in [0.5, 0.6) is 5.75 Å². The number of amides is 3. The highest BCUT2D eigenvalue weighted by Gasteiger charge is 2.61. The van der Waals surface area contributed by atoms with Gasteiger partial charge < -0.3 is 24.6 Å². The Morgan fingerprint density at radius 2 is 1.58 bits per heavy atom. The molecule has 0 saturated carbocycles. The summed E-state index contributed by atoms with van der Waals surface area (Å²) >= 11 is 3.39. The monoisotopic (exact) mass is 577 g/mol. The van der Waals surface area contributed by atoms with Gasteiger partial charge in [-0.1, -0.05) is 60.7 Å². The Balaban J connectivity index is 1.31. The lowest BCUT2D eigenvalue weighted by atomic mass is 9.96. The van der Waals surface area contributed by atoms with Crippen LogP contribution in [-0.4, -0.2) is 64.9 Å². The molecule has 194 valence electrons. The predicted octanol–water partition coefficient (Wildman–Crippen LogP) is 2.75. The fraction of sp³-hybridized carbons (Fsp3) is 0.214. The summed E-state index contributed by atoms with van der Waals surface area (Å²) in [4.78, 5) is 55.0. The number of hydrogen-bond acceptors (Lipinski definition) is 6. The number of nitrogens with zero attached hydrogens (tertiary/aromatic N) is 2. The highest BCUT2D eigenvalue weighted by molar-refractivity contribution is 9.10. The number of fused-ring (bicyclic) bond motifs is 1. The van der Waals surface area contributed by atoms with E-state index in [1.807, 2.05) is 36.4 Å². The van der Waals surface area contributed by atoms with Crippen LogP contribution in [0.15, 0.2) is 89.4 Å². The SMILES string of the molecule is O=C(COc1ccccc1)N[C@H]1C(=O)N2C1CN(C(=O)c1ccccc1Br)C2C(=O)OCc1ccccc1. The van der Waals surface area contributed by atoms with Gasteiger partial charge in [-0.25, -0.2) is 4.79 Å². The Labute approximate surface area is 227 Å². The molecule has 3 aromatic rings. The molecule has 0 aliphatic carbocycles. The summed E-state index contributed by atoms with van der Waals surface area (Å²) in [7, 11) is 0. The Morgan fingerprint density at radius 3 is 2.29 bits per heavy atom. The van der Waals surface area contributed by atoms with Gasteiger partial charge in [0.2, 0.25) is 12.1 Å². The Morgan fingerprint density at radius 1 is 0.921 bits per heavy atom. The molecule has 0 bridgehead atoms. The van der Waals surface area contributed by atoms with E-state index in [1.54, 1.807) is 48.5 Å². The fourth-order valence-corrected chi connectivity index (χ4v) is 5.03. The molecule has 2 saturated heterocycles. The van der Waals surface area contributed by atoms with Crippen LogP contribution < -0.4 is 10.1 Å². The number of β-lactam (4-membered cyclic amide) rings is 1. The van der Waals surface area contributed by atoms with Gasteiger partial charge in [0.1, 0.15) is 18.4 Å². The maximum atomic E-state index is 13.5. The number of rotatable bonds is 8. The number of nitrogens with one attached hydrogen (secondary N) is 1. The van der Waals surface area contributed by atoms with Crippen LogP contribution in [0.4, 0.5) is 0 Å². The van der Waals surface area contributed by atoms with E-state index in [2.05, 4.69) is 21.2 Å². The molecular formula is C28H24BrN3O6. The molecule has 10 heteroatoms. The standard InChI is InChI=1S/C28H24BrN3O6/c29-21-14-8-7-13-20(21)26(34)31-15-22-24(30-23(33)17-37-19-11-5-2-6-12-19)27(35)32(22)25(31)28(36)38-16-18-9-3-1-4-10-18/h1-14,22,24-25H,15-17H2,(H,30,33)/t22?,24-,25?/m1/s1. The molecule has 2 unspecified atom stereocenters. The van der Waals surface area contributed by atoms with Gasteiger partial charge in [-0.05, 0) is 45.8 Å². The molecule has 9 nitrogen and oxygen atoms in total. The molecule has 3 amide bonds. The van der Waals surface area contributed by atoms with Crippen LogP contribution in [0, 0.1) is 0 Å². The van der Waals surface area contributed by atoms with E-state index in [0.717, 1.165) is 5.56 Å². The van der Waals surface area contributed by atoms with Gasteiger partial charge in [0.25, 0.3) is 11.8 Å². The normalized spacial score (nSPS) is 19.8. The quantitative estimate of drug-likeness (QED) is 0.326. The first-order valence-corrected chi connectivity index (χ1v) is 12.8. The summed E-state index contributed by atoms with van der Waals surface area (Å²) in [5.74, 6) is -1.57. The number of ether oxygens (including phenoxy) is 2. The average molecular weight is 578 g/mol. The number of para-hydroxylation sites is 1. The van der Waals surface area contributed by atoms with Crippen molar-refractivity contribution >= 4 is 39.6 Å². The van der Waals surface area contributed by atoms with Gasteiger partial charge in [-0.15, -0.1) is 0 Å². The van der Waals surface area contributed by atoms with Crippen molar-refractivity contribution in [1.82, 2.24) is 15.1 Å². The van der Waals surface area contributed by atoms with Gasteiger partial charge in [-0.2, -0.15) is 0 Å². The van der Waals surface area contributed by atoms with Crippen LogP contribution >= 0.6 is 15.9 Å². The Kier molecular flexibility index (Phi) is 7.41. The highest BCUT2D eigenvalue weighted by Crippen LogP contribution is 2.35. The van der Waals surface area contributed by atoms with Crippen molar-refractivity contribution in [3.8, 4) is 5.75 Å². The molecule has 0 aromatic heterocycles. The number of halogens is 1. The topological polar surface area (TPSA) is 105 Å². The average Bonchev–Trinajstić information content (AvgIpc) is 3.31. The fourth-order valence-electron chi connectivity index (χ4n) is 4.58. The molecule has 3 aromatic carbocycles. The molecule has 2 heterocycles. The van der Waals surface area contributed by atoms with E-state index < -0.39 is 41.9 Å². The summed E-state index contributed by atoms with van der Waals surface area (Å²) in [6.07, 6.45) is -1.25. The van der Waals surface area contributed by atoms with E-state index in [4.69, 9.17) is 9.47 Å². The van der Waals surface area contributed by atoms with Crippen molar-refractivity contribution < 1.29 is 28.7 Å². The molecule has 38 heavy (non-hydrogen) atoms. The molecule has 2 aliphatic heterocycles. The number of hydrogen-bond donors (Lipinski definition) is 1. The summed E-state index contributed by atoms with van der Waals surface area (Å²) in [6.45, 7) is -0.221. The highest BCUT2D eigenvalue weighted by atomic mass is 79.9. The number of carbonyl (C=O) groups is 4. The number of carbonyl (C=O) groups excluding carboxylic acids is 4. The molecule has 1 N–H and O–H groups in total. The van der Waals surface area contributed by atoms with Gasteiger partial charge >= 0.3 is 5.97 Å². The van der Waals surface area contributed by atoms with Crippen LogP contribution in [0.25, 0.3) is 0 Å². The number of esters is 1. The third-order valence-corrected chi connectivity index (χ3v) is 7.13. The summed E-state index contributed by atoms with van der Waals surface area (Å²) in [5, 5.41) is 2.68. The minimum absolute atomic E-state index is 0.00305. The van der Waals surface area contributed by atoms with Gasteiger partial charge in [0, 0.05) is 11.0 Å². The maximum Gasteiger partial charge on any atom is 0.350 e. The third kappa shape index (κ3) is 5.12. The van der Waals surface area contributed by atoms with E-state index >= 15 is 0 Å². The summed E-state index contributed by atoms with van der Waals surface area (Å²) in [6, 6.07) is 23.3. The van der Waals surface area contributed by atoms with E-state index in [0.29, 0.717) is 15.8 Å². The van der Waals surface area contributed by atoms with E-state index in [-0.39, 0.29) is 19.8 Å². The largest absolute Gasteiger partial charge is 0.484 e. The first kappa shape index (κ1) is 25.5. The van der Waals surface area contributed by atoms with Crippen molar-refractivity contribution in [2.45, 2.75) is 24.9 Å². The van der Waals surface area contributed by atoms with Crippen molar-refractivity contribution in [2.24, 2.45) is 0 Å². The zero-order valence-corrected chi connectivity index (χ0v) is 21.7. The van der Waals surface area contributed by atoms with Gasteiger partial charge in [-0.3, -0.25) is 14.4 Å². The van der Waals surface area contributed by atoms with E-state index in [9.17, 15) is 19.2 Å². The molecule has 5 rings (SSSR count). The third-order valence-electron chi connectivity index (χ3n) is 6.43. The van der Waals surface area contributed by atoms with Crippen molar-refractivity contribution in [3.05, 3.63) is 101 Å². The lowest BCUT2D eigenvalue weighted by molar-refractivity contribution is -0.167. The van der Waals surface area contributed by atoms with Crippen LogP contribution in [-0.2, 0) is 25.7 Å². The molecule has 0 spiro atoms. The lowest BCUT2D eigenvalue weighted by Gasteiger charge is -2.43. The van der Waals surface area contributed by atoms with Gasteiger partial charge in [0.15, 0.2) is 6.61 Å². The second kappa shape index (κ2) is 11.1. The molecule has 2 fully saturated rings.